The van der Waals surface area contributed by atoms with Crippen molar-refractivity contribution in [1.82, 2.24) is 4.98 Å². The summed E-state index contributed by atoms with van der Waals surface area (Å²) in [4.78, 5) is 25.1. The quantitative estimate of drug-likeness (QED) is 0.629. The van der Waals surface area contributed by atoms with Crippen molar-refractivity contribution in [3.63, 3.8) is 0 Å². The van der Waals surface area contributed by atoms with Crippen LogP contribution in [0.5, 0.6) is 11.6 Å². The van der Waals surface area contributed by atoms with Gasteiger partial charge in [0, 0.05) is 18.2 Å². The van der Waals surface area contributed by atoms with Gasteiger partial charge in [0.2, 0.25) is 0 Å². The van der Waals surface area contributed by atoms with Crippen LogP contribution in [0.15, 0.2) is 35.1 Å². The molecule has 1 heterocycles. The van der Waals surface area contributed by atoms with Crippen LogP contribution >= 0.6 is 11.6 Å². The van der Waals surface area contributed by atoms with Gasteiger partial charge < -0.3 is 15.5 Å². The van der Waals surface area contributed by atoms with Gasteiger partial charge in [-0.1, -0.05) is 11.6 Å². The van der Waals surface area contributed by atoms with Gasteiger partial charge in [0.25, 0.3) is 11.5 Å². The summed E-state index contributed by atoms with van der Waals surface area (Å²) in [5, 5.41) is 21.0. The topological polar surface area (TPSA) is 102 Å². The van der Waals surface area contributed by atoms with Gasteiger partial charge in [-0.25, -0.2) is 0 Å². The lowest BCUT2D eigenvalue weighted by atomic mass is 10.2. The van der Waals surface area contributed by atoms with E-state index in [2.05, 4.69) is 10.3 Å². The van der Waals surface area contributed by atoms with Crippen molar-refractivity contribution >= 4 is 23.2 Å². The van der Waals surface area contributed by atoms with E-state index in [1.54, 1.807) is 0 Å². The average Bonchev–Trinajstić information content (AvgIpc) is 2.31. The zero-order chi connectivity index (χ0) is 14.0. The summed E-state index contributed by atoms with van der Waals surface area (Å²) in [7, 11) is 0. The molecule has 0 atom stereocenters. The minimum absolute atomic E-state index is 0.00890. The predicted octanol–water partition coefficient (Wildman–Crippen LogP) is 1.69. The number of carbonyl (C=O) groups excluding carboxylic acids is 1. The third kappa shape index (κ3) is 3.05. The number of aromatic nitrogens is 1. The molecule has 7 heteroatoms. The summed E-state index contributed by atoms with van der Waals surface area (Å²) in [6.07, 6.45) is 0. The van der Waals surface area contributed by atoms with Gasteiger partial charge in [-0.05, 0) is 12.1 Å². The largest absolute Gasteiger partial charge is 0.508 e. The average molecular weight is 281 g/mol. The first-order valence-corrected chi connectivity index (χ1v) is 5.57. The van der Waals surface area contributed by atoms with E-state index in [9.17, 15) is 19.8 Å². The van der Waals surface area contributed by atoms with Crippen LogP contribution in [-0.4, -0.2) is 21.1 Å². The molecular formula is C12H9ClN2O4. The van der Waals surface area contributed by atoms with Crippen molar-refractivity contribution < 1.29 is 15.0 Å². The normalized spacial score (nSPS) is 10.2. The third-order valence-electron chi connectivity index (χ3n) is 2.29. The number of aromatic amines is 1. The first-order chi connectivity index (χ1) is 8.95. The maximum absolute atomic E-state index is 11.9. The van der Waals surface area contributed by atoms with Gasteiger partial charge in [-0.2, -0.15) is 0 Å². The molecule has 2 rings (SSSR count). The number of pyridine rings is 1. The van der Waals surface area contributed by atoms with E-state index >= 15 is 0 Å². The SMILES string of the molecule is O=C(Nc1ccc(O)cc1Cl)c1cc(O)[nH]c(=O)c1. The highest BCUT2D eigenvalue weighted by Gasteiger charge is 2.10. The second kappa shape index (κ2) is 5.03. The van der Waals surface area contributed by atoms with Crippen molar-refractivity contribution in [3.05, 3.63) is 51.3 Å². The number of amides is 1. The first-order valence-electron chi connectivity index (χ1n) is 5.19. The van der Waals surface area contributed by atoms with Crippen LogP contribution in [0.3, 0.4) is 0 Å². The molecule has 0 aliphatic rings. The number of phenols is 1. The number of phenolic OH excluding ortho intramolecular Hbond substituents is 1. The molecule has 4 N–H and O–H groups in total. The van der Waals surface area contributed by atoms with Crippen molar-refractivity contribution in [2.24, 2.45) is 0 Å². The van der Waals surface area contributed by atoms with Crippen LogP contribution in [-0.2, 0) is 0 Å². The molecule has 1 aromatic heterocycles. The van der Waals surface area contributed by atoms with E-state index in [1.165, 1.54) is 18.2 Å². The lowest BCUT2D eigenvalue weighted by molar-refractivity contribution is 0.102. The molecule has 0 saturated carbocycles. The summed E-state index contributed by atoms with van der Waals surface area (Å²) in [6.45, 7) is 0. The zero-order valence-corrected chi connectivity index (χ0v) is 10.2. The first kappa shape index (κ1) is 13.0. The minimum atomic E-state index is -0.603. The Balaban J connectivity index is 2.28. The number of nitrogens with one attached hydrogen (secondary N) is 2. The van der Waals surface area contributed by atoms with Gasteiger partial charge in [0.05, 0.1) is 16.3 Å². The Labute approximate surface area is 112 Å². The van der Waals surface area contributed by atoms with Crippen LogP contribution in [0.4, 0.5) is 5.69 Å². The molecule has 98 valence electrons. The number of hydrogen-bond donors (Lipinski definition) is 4. The van der Waals surface area contributed by atoms with Crippen molar-refractivity contribution in [3.8, 4) is 11.6 Å². The van der Waals surface area contributed by atoms with E-state index in [0.29, 0.717) is 0 Å². The van der Waals surface area contributed by atoms with Gasteiger partial charge in [0.15, 0.2) is 5.88 Å². The molecule has 0 radical (unpaired) electrons. The number of anilines is 1. The van der Waals surface area contributed by atoms with E-state index in [0.717, 1.165) is 12.1 Å². The Morgan fingerprint density at radius 1 is 1.21 bits per heavy atom. The second-order valence-corrected chi connectivity index (χ2v) is 4.14. The van der Waals surface area contributed by atoms with Gasteiger partial charge in [-0.3, -0.25) is 14.6 Å². The van der Waals surface area contributed by atoms with Crippen LogP contribution in [0, 0.1) is 0 Å². The van der Waals surface area contributed by atoms with E-state index in [-0.39, 0.29) is 22.0 Å². The lowest BCUT2D eigenvalue weighted by Gasteiger charge is -2.07. The van der Waals surface area contributed by atoms with Crippen molar-refractivity contribution in [1.29, 1.82) is 0 Å². The highest BCUT2D eigenvalue weighted by Crippen LogP contribution is 2.26. The Morgan fingerprint density at radius 2 is 1.95 bits per heavy atom. The van der Waals surface area contributed by atoms with E-state index < -0.39 is 17.3 Å². The monoisotopic (exact) mass is 280 g/mol. The smallest absolute Gasteiger partial charge is 0.256 e. The predicted molar refractivity (Wildman–Crippen MR) is 69.8 cm³/mol. The third-order valence-corrected chi connectivity index (χ3v) is 2.61. The number of hydrogen-bond acceptors (Lipinski definition) is 4. The Kier molecular flexibility index (Phi) is 3.43. The van der Waals surface area contributed by atoms with Crippen LogP contribution < -0.4 is 10.9 Å². The molecule has 0 fully saturated rings. The number of aromatic hydroxyl groups is 2. The summed E-state index contributed by atoms with van der Waals surface area (Å²) in [5.41, 5.74) is -0.323. The lowest BCUT2D eigenvalue weighted by Crippen LogP contribution is -2.16. The standard InChI is InChI=1S/C12H9ClN2O4/c13-8-5-7(16)1-2-9(8)14-12(19)6-3-10(17)15-11(18)4-6/h1-5,16H,(H,14,19)(H2,15,17,18). The molecule has 19 heavy (non-hydrogen) atoms. The highest BCUT2D eigenvalue weighted by molar-refractivity contribution is 6.34. The Morgan fingerprint density at radius 3 is 2.58 bits per heavy atom. The summed E-state index contributed by atoms with van der Waals surface area (Å²) in [5.74, 6) is -1.04. The highest BCUT2D eigenvalue weighted by atomic mass is 35.5. The fourth-order valence-corrected chi connectivity index (χ4v) is 1.68. The minimum Gasteiger partial charge on any atom is -0.508 e. The molecule has 0 aliphatic carbocycles. The number of benzene rings is 1. The van der Waals surface area contributed by atoms with Crippen molar-refractivity contribution in [2.75, 3.05) is 5.32 Å². The van der Waals surface area contributed by atoms with E-state index in [4.69, 9.17) is 11.6 Å². The molecule has 6 nitrogen and oxygen atoms in total. The molecule has 0 bridgehead atoms. The summed E-state index contributed by atoms with van der Waals surface area (Å²) < 4.78 is 0. The number of H-pyrrole nitrogens is 1. The number of carbonyl (C=O) groups is 1. The van der Waals surface area contributed by atoms with Crippen LogP contribution in [0.25, 0.3) is 0 Å². The second-order valence-electron chi connectivity index (χ2n) is 3.74. The van der Waals surface area contributed by atoms with Gasteiger partial charge in [0.1, 0.15) is 5.75 Å². The molecular weight excluding hydrogens is 272 g/mol. The molecule has 0 aliphatic heterocycles. The fraction of sp³-hybridized carbons (Fsp3) is 0. The molecule has 0 unspecified atom stereocenters. The van der Waals surface area contributed by atoms with E-state index in [1.807, 2.05) is 0 Å². The zero-order valence-electron chi connectivity index (χ0n) is 9.48. The van der Waals surface area contributed by atoms with Crippen LogP contribution in [0.1, 0.15) is 10.4 Å². The van der Waals surface area contributed by atoms with Gasteiger partial charge >= 0.3 is 0 Å². The summed E-state index contributed by atoms with van der Waals surface area (Å²) in [6, 6.07) is 6.21. The maximum Gasteiger partial charge on any atom is 0.256 e. The maximum atomic E-state index is 11.9. The molecule has 0 spiro atoms. The van der Waals surface area contributed by atoms with Gasteiger partial charge in [-0.15, -0.1) is 0 Å². The molecule has 1 amide bonds. The number of halogens is 1. The molecule has 1 aromatic carbocycles. The Bertz CT molecular complexity index is 696. The number of rotatable bonds is 2. The summed E-state index contributed by atoms with van der Waals surface area (Å²) >= 11 is 5.83. The Hall–Kier alpha value is -2.47. The molecule has 0 saturated heterocycles. The molecule has 2 aromatic rings. The van der Waals surface area contributed by atoms with Crippen LogP contribution in [0.2, 0.25) is 5.02 Å². The fourth-order valence-electron chi connectivity index (χ4n) is 1.46. The van der Waals surface area contributed by atoms with Crippen molar-refractivity contribution in [2.45, 2.75) is 0 Å².